The molecule has 1 heterocycles. The van der Waals surface area contributed by atoms with Crippen molar-refractivity contribution in [3.05, 3.63) is 0 Å². The molecule has 0 radical (unpaired) electrons. The molecular weight excluding hydrogens is 319 g/mol. The fourth-order valence-electron chi connectivity index (χ4n) is 1.67. The van der Waals surface area contributed by atoms with Gasteiger partial charge in [-0.2, -0.15) is 0 Å². The Morgan fingerprint density at radius 3 is 2.23 bits per heavy atom. The predicted molar refractivity (Wildman–Crippen MR) is 58.6 cm³/mol. The van der Waals surface area contributed by atoms with Crippen LogP contribution < -0.4 is 12.4 Å². The van der Waals surface area contributed by atoms with Crippen LogP contribution in [0.4, 0.5) is 0 Å². The van der Waals surface area contributed by atoms with Gasteiger partial charge in [0.1, 0.15) is 0 Å². The number of alkyl halides is 1. The third kappa shape index (κ3) is 7.32. The third-order valence-corrected chi connectivity index (χ3v) is 10.1. The summed E-state index contributed by atoms with van der Waals surface area (Å²) in [5.41, 5.74) is 0. The number of rotatable bonds is 5. The fraction of sp³-hybridized carbons (Fsp3) is 1.00. The van der Waals surface area contributed by atoms with Crippen LogP contribution in [0.15, 0.2) is 0 Å². The minimum absolute atomic E-state index is 0. The van der Waals surface area contributed by atoms with Gasteiger partial charge >= 0.3 is 89.0 Å². The smallest absolute Gasteiger partial charge is 1.00 e. The molecule has 0 N–H and O–H groups in total. The summed E-state index contributed by atoms with van der Waals surface area (Å²) in [7, 11) is 0. The van der Waals surface area contributed by atoms with E-state index in [0.29, 0.717) is 0 Å². The first-order valence-electron chi connectivity index (χ1n) is 5.13. The van der Waals surface area contributed by atoms with Crippen molar-refractivity contribution in [2.75, 3.05) is 5.88 Å². The van der Waals surface area contributed by atoms with Gasteiger partial charge in [-0.3, -0.25) is 0 Å². The van der Waals surface area contributed by atoms with Gasteiger partial charge in [0.15, 0.2) is 0 Å². The maximum atomic E-state index is 5.64. The molecule has 0 aromatic carbocycles. The Kier molecular flexibility index (Phi) is 11.0. The van der Waals surface area contributed by atoms with Crippen molar-refractivity contribution in [1.82, 2.24) is 0 Å². The van der Waals surface area contributed by atoms with E-state index >= 15 is 0 Å². The SMILES string of the molecule is ClCCCCC[Te+]1CCCCC1.[Cl-]. The van der Waals surface area contributed by atoms with Crippen LogP contribution in [0.3, 0.4) is 0 Å². The van der Waals surface area contributed by atoms with Crippen LogP contribution in [0.25, 0.3) is 0 Å². The van der Waals surface area contributed by atoms with E-state index < -0.39 is 19.6 Å². The molecule has 0 unspecified atom stereocenters. The van der Waals surface area contributed by atoms with E-state index in [-0.39, 0.29) is 12.4 Å². The Bertz CT molecular complexity index is 103. The first-order valence-corrected chi connectivity index (χ1v) is 10.6. The molecule has 0 spiro atoms. The van der Waals surface area contributed by atoms with E-state index in [1.54, 1.807) is 26.2 Å². The summed E-state index contributed by atoms with van der Waals surface area (Å²) in [5.74, 6) is 0.871. The molecule has 0 nitrogen and oxygen atoms in total. The zero-order chi connectivity index (χ0) is 8.65. The van der Waals surface area contributed by atoms with E-state index in [4.69, 9.17) is 11.6 Å². The van der Waals surface area contributed by atoms with E-state index in [1.807, 2.05) is 0 Å². The summed E-state index contributed by atoms with van der Waals surface area (Å²) >= 11 is 5.14. The van der Waals surface area contributed by atoms with Gasteiger partial charge in [-0.25, -0.2) is 0 Å². The molecule has 0 aromatic rings. The average Bonchev–Trinajstić information content (AvgIpc) is 2.14. The van der Waals surface area contributed by atoms with Crippen molar-refractivity contribution in [2.24, 2.45) is 0 Å². The number of hydrogen-bond acceptors (Lipinski definition) is 0. The summed E-state index contributed by atoms with van der Waals surface area (Å²) in [6, 6.07) is 0. The van der Waals surface area contributed by atoms with E-state index in [0.717, 1.165) is 5.88 Å². The predicted octanol–water partition coefficient (Wildman–Crippen LogP) is 1.08. The van der Waals surface area contributed by atoms with Gasteiger partial charge in [0, 0.05) is 0 Å². The van der Waals surface area contributed by atoms with Crippen molar-refractivity contribution >= 4 is 31.2 Å². The van der Waals surface area contributed by atoms with Crippen molar-refractivity contribution < 1.29 is 12.4 Å². The summed E-state index contributed by atoms with van der Waals surface area (Å²) in [4.78, 5) is 0. The van der Waals surface area contributed by atoms with Gasteiger partial charge in [0.25, 0.3) is 0 Å². The zero-order valence-corrected chi connectivity index (χ0v) is 12.1. The quantitative estimate of drug-likeness (QED) is 0.400. The molecular formula is C10H20Cl2Te. The summed E-state index contributed by atoms with van der Waals surface area (Å²) in [6.45, 7) is 0. The van der Waals surface area contributed by atoms with Gasteiger partial charge in [0.05, 0.1) is 0 Å². The second-order valence-electron chi connectivity index (χ2n) is 3.54. The maximum Gasteiger partial charge on any atom is -1.00 e. The van der Waals surface area contributed by atoms with Crippen molar-refractivity contribution in [3.8, 4) is 0 Å². The average molecular weight is 339 g/mol. The molecule has 1 fully saturated rings. The van der Waals surface area contributed by atoms with Crippen LogP contribution in [0.1, 0.15) is 38.5 Å². The molecule has 1 saturated heterocycles. The van der Waals surface area contributed by atoms with E-state index in [9.17, 15) is 0 Å². The van der Waals surface area contributed by atoms with Gasteiger partial charge < -0.3 is 12.4 Å². The Hall–Kier alpha value is 1.37. The summed E-state index contributed by atoms with van der Waals surface area (Å²) < 4.78 is 4.98. The number of unbranched alkanes of at least 4 members (excludes halogenated alkanes) is 2. The monoisotopic (exact) mass is 340 g/mol. The van der Waals surface area contributed by atoms with Gasteiger partial charge in [0.2, 0.25) is 0 Å². The standard InChI is InChI=1S/C10H20ClTe.ClH/c11-7-3-1-4-8-12-9-5-2-6-10-12;/h1-10H2;1H/q+1;/p-1. The van der Waals surface area contributed by atoms with E-state index in [1.165, 1.54) is 25.7 Å². The van der Waals surface area contributed by atoms with Crippen LogP contribution in [-0.2, 0) is 0 Å². The van der Waals surface area contributed by atoms with Crippen LogP contribution >= 0.6 is 11.6 Å². The molecule has 0 bridgehead atoms. The molecule has 0 atom stereocenters. The zero-order valence-electron chi connectivity index (χ0n) is 8.24. The van der Waals surface area contributed by atoms with Crippen LogP contribution in [0, 0.1) is 0 Å². The summed E-state index contributed by atoms with van der Waals surface area (Å²) in [5, 5.41) is 0. The first kappa shape index (κ1) is 14.4. The van der Waals surface area contributed by atoms with E-state index in [2.05, 4.69) is 0 Å². The third-order valence-electron chi connectivity index (χ3n) is 2.43. The first-order chi connectivity index (χ1) is 5.93. The molecule has 1 aliphatic heterocycles. The van der Waals surface area contributed by atoms with Crippen LogP contribution in [0.2, 0.25) is 13.4 Å². The Balaban J connectivity index is 0.00000144. The molecule has 3 heteroatoms. The van der Waals surface area contributed by atoms with Crippen molar-refractivity contribution in [1.29, 1.82) is 0 Å². The van der Waals surface area contributed by atoms with Gasteiger partial charge in [-0.05, 0) is 0 Å². The molecule has 13 heavy (non-hydrogen) atoms. The van der Waals surface area contributed by atoms with Crippen molar-refractivity contribution in [3.63, 3.8) is 0 Å². The fourth-order valence-corrected chi connectivity index (χ4v) is 8.85. The maximum absolute atomic E-state index is 5.64. The van der Waals surface area contributed by atoms with Crippen LogP contribution in [-0.4, -0.2) is 25.4 Å². The molecule has 0 aliphatic carbocycles. The molecule has 1 rings (SSSR count). The Morgan fingerprint density at radius 1 is 0.923 bits per heavy atom. The van der Waals surface area contributed by atoms with Crippen molar-refractivity contribution in [2.45, 2.75) is 51.9 Å². The molecule has 1 aliphatic rings. The van der Waals surface area contributed by atoms with Gasteiger partial charge in [-0.1, -0.05) is 0 Å². The molecule has 0 amide bonds. The van der Waals surface area contributed by atoms with Gasteiger partial charge in [-0.15, -0.1) is 0 Å². The second kappa shape index (κ2) is 9.91. The largest absolute Gasteiger partial charge is 1.00 e. The molecule has 80 valence electrons. The minimum atomic E-state index is -0.498. The van der Waals surface area contributed by atoms with Crippen LogP contribution in [0.5, 0.6) is 0 Å². The Labute approximate surface area is 101 Å². The normalized spacial score (nSPS) is 18.2. The molecule has 0 saturated carbocycles. The number of hydrogen-bond donors (Lipinski definition) is 0. The Morgan fingerprint density at radius 2 is 1.62 bits per heavy atom. The molecule has 0 aromatic heterocycles. The number of halogens is 2. The minimum Gasteiger partial charge on any atom is -1.00 e. The second-order valence-corrected chi connectivity index (χ2v) is 10.9. The topological polar surface area (TPSA) is 0 Å². The summed E-state index contributed by atoms with van der Waals surface area (Å²) in [6.07, 6.45) is 8.77.